The van der Waals surface area contributed by atoms with E-state index in [0.29, 0.717) is 0 Å². The van der Waals surface area contributed by atoms with Crippen molar-refractivity contribution >= 4 is 21.8 Å². The van der Waals surface area contributed by atoms with E-state index in [1.165, 1.54) is 55.3 Å². The van der Waals surface area contributed by atoms with Crippen molar-refractivity contribution in [3.63, 3.8) is 0 Å². The highest BCUT2D eigenvalue weighted by Gasteiger charge is 2.37. The van der Waals surface area contributed by atoms with Crippen molar-refractivity contribution in [1.82, 2.24) is 4.57 Å². The van der Waals surface area contributed by atoms with Gasteiger partial charge < -0.3 is 9.30 Å². The summed E-state index contributed by atoms with van der Waals surface area (Å²) in [5.74, 6) is 2.17. The number of nitrogens with zero attached hydrogens (tertiary/aromatic N) is 1. The third-order valence-electron chi connectivity index (χ3n) is 7.28. The standard InChI is InChI=1S/C31H19NO/c1-4-12-26-20(8-1)21-9-2-5-13-27(21)32(26)19-16-17-23-25(18-19)22-11-7-15-29-31(22)30(23)24-10-3-6-14-28(24)33-29/h1-18,30H. The molecule has 2 aliphatic rings. The zero-order valence-corrected chi connectivity index (χ0v) is 17.8. The molecule has 0 saturated carbocycles. The Bertz CT molecular complexity index is 1700. The van der Waals surface area contributed by atoms with E-state index >= 15 is 0 Å². The van der Waals surface area contributed by atoms with Crippen LogP contribution in [0.2, 0.25) is 0 Å². The van der Waals surface area contributed by atoms with Gasteiger partial charge in [0.15, 0.2) is 0 Å². The van der Waals surface area contributed by atoms with E-state index in [1.54, 1.807) is 0 Å². The summed E-state index contributed by atoms with van der Waals surface area (Å²) >= 11 is 0. The van der Waals surface area contributed by atoms with E-state index in [2.05, 4.69) is 114 Å². The van der Waals surface area contributed by atoms with Gasteiger partial charge in [-0.2, -0.15) is 0 Å². The van der Waals surface area contributed by atoms with Crippen molar-refractivity contribution in [2.45, 2.75) is 5.92 Å². The second kappa shape index (κ2) is 6.14. The molecule has 0 bridgehead atoms. The lowest BCUT2D eigenvalue weighted by Crippen LogP contribution is -2.08. The monoisotopic (exact) mass is 421 g/mol. The zero-order chi connectivity index (χ0) is 21.5. The van der Waals surface area contributed by atoms with Gasteiger partial charge in [0.25, 0.3) is 0 Å². The Hall–Kier alpha value is -4.30. The highest BCUT2D eigenvalue weighted by molar-refractivity contribution is 6.09. The molecule has 2 nitrogen and oxygen atoms in total. The highest BCUT2D eigenvalue weighted by atomic mass is 16.5. The number of ether oxygens (including phenoxy) is 1. The second-order valence-corrected chi connectivity index (χ2v) is 8.93. The van der Waals surface area contributed by atoms with Crippen molar-refractivity contribution in [2.24, 2.45) is 0 Å². The van der Waals surface area contributed by atoms with Gasteiger partial charge in [-0.15, -0.1) is 0 Å². The Morgan fingerprint density at radius 3 is 2.06 bits per heavy atom. The topological polar surface area (TPSA) is 14.2 Å². The number of hydrogen-bond acceptors (Lipinski definition) is 1. The first-order valence-corrected chi connectivity index (χ1v) is 11.4. The fourth-order valence-electron chi connectivity index (χ4n) is 5.94. The van der Waals surface area contributed by atoms with Crippen LogP contribution in [0.4, 0.5) is 0 Å². The first-order chi connectivity index (χ1) is 16.4. The van der Waals surface area contributed by atoms with Crippen LogP contribution in [-0.2, 0) is 0 Å². The molecule has 5 aromatic carbocycles. The van der Waals surface area contributed by atoms with Crippen LogP contribution in [-0.4, -0.2) is 4.57 Å². The molecular weight excluding hydrogens is 402 g/mol. The van der Waals surface area contributed by atoms with E-state index in [-0.39, 0.29) is 5.92 Å². The molecule has 33 heavy (non-hydrogen) atoms. The minimum Gasteiger partial charge on any atom is -0.457 e. The predicted molar refractivity (Wildman–Crippen MR) is 134 cm³/mol. The SMILES string of the molecule is c1ccc2c(c1)Oc1cccc3c1C2c1ccc(-n2c4ccccc4c4ccccc42)cc1-3. The first kappa shape index (κ1) is 17.3. The van der Waals surface area contributed by atoms with Crippen LogP contribution in [0.5, 0.6) is 11.5 Å². The summed E-state index contributed by atoms with van der Waals surface area (Å²) in [7, 11) is 0. The number of benzene rings is 5. The maximum Gasteiger partial charge on any atom is 0.132 e. The molecule has 0 fully saturated rings. The molecule has 2 heterocycles. The summed E-state index contributed by atoms with van der Waals surface area (Å²) in [5, 5.41) is 2.57. The van der Waals surface area contributed by atoms with Crippen LogP contribution in [0.1, 0.15) is 22.6 Å². The molecule has 154 valence electrons. The van der Waals surface area contributed by atoms with Crippen LogP contribution in [0, 0.1) is 0 Å². The average molecular weight is 421 g/mol. The first-order valence-electron chi connectivity index (χ1n) is 11.4. The quantitative estimate of drug-likeness (QED) is 0.261. The summed E-state index contributed by atoms with van der Waals surface area (Å²) in [5.41, 5.74) is 10.2. The molecule has 1 aliphatic heterocycles. The molecule has 0 amide bonds. The van der Waals surface area contributed by atoms with Gasteiger partial charge in [0, 0.05) is 33.5 Å². The molecular formula is C31H19NO. The smallest absolute Gasteiger partial charge is 0.132 e. The van der Waals surface area contributed by atoms with Crippen LogP contribution in [0.3, 0.4) is 0 Å². The van der Waals surface area contributed by atoms with Crippen molar-refractivity contribution in [3.8, 4) is 28.3 Å². The maximum atomic E-state index is 6.31. The number of hydrogen-bond donors (Lipinski definition) is 0. The Morgan fingerprint density at radius 2 is 1.24 bits per heavy atom. The van der Waals surface area contributed by atoms with E-state index in [0.717, 1.165) is 11.5 Å². The summed E-state index contributed by atoms with van der Waals surface area (Å²) in [6.07, 6.45) is 0. The minimum absolute atomic E-state index is 0.225. The molecule has 1 aliphatic carbocycles. The van der Waals surface area contributed by atoms with Gasteiger partial charge in [-0.05, 0) is 53.1 Å². The lowest BCUT2D eigenvalue weighted by molar-refractivity contribution is 0.455. The largest absolute Gasteiger partial charge is 0.457 e. The third-order valence-corrected chi connectivity index (χ3v) is 7.28. The van der Waals surface area contributed by atoms with Crippen molar-refractivity contribution in [1.29, 1.82) is 0 Å². The minimum atomic E-state index is 0.225. The molecule has 1 unspecified atom stereocenters. The van der Waals surface area contributed by atoms with Crippen LogP contribution in [0.25, 0.3) is 38.6 Å². The van der Waals surface area contributed by atoms with Gasteiger partial charge in [0.05, 0.1) is 11.0 Å². The number of aromatic nitrogens is 1. The summed E-state index contributed by atoms with van der Waals surface area (Å²) in [6.45, 7) is 0. The van der Waals surface area contributed by atoms with Gasteiger partial charge in [0.2, 0.25) is 0 Å². The summed E-state index contributed by atoms with van der Waals surface area (Å²) < 4.78 is 8.71. The Morgan fingerprint density at radius 1 is 0.545 bits per heavy atom. The normalized spacial score (nSPS) is 15.2. The second-order valence-electron chi connectivity index (χ2n) is 8.93. The van der Waals surface area contributed by atoms with Crippen LogP contribution < -0.4 is 4.74 Å². The third kappa shape index (κ3) is 2.18. The molecule has 0 spiro atoms. The van der Waals surface area contributed by atoms with Gasteiger partial charge in [0.1, 0.15) is 11.5 Å². The van der Waals surface area contributed by atoms with Crippen LogP contribution >= 0.6 is 0 Å². The Balaban J connectivity index is 1.43. The van der Waals surface area contributed by atoms with Gasteiger partial charge >= 0.3 is 0 Å². The molecule has 0 N–H and O–H groups in total. The molecule has 1 aromatic heterocycles. The fourth-order valence-corrected chi connectivity index (χ4v) is 5.94. The fraction of sp³-hybridized carbons (Fsp3) is 0.0323. The average Bonchev–Trinajstić information content (AvgIpc) is 3.38. The van der Waals surface area contributed by atoms with E-state index in [4.69, 9.17) is 4.74 Å². The van der Waals surface area contributed by atoms with Crippen LogP contribution in [0.15, 0.2) is 109 Å². The zero-order valence-electron chi connectivity index (χ0n) is 17.8. The lowest BCUT2D eigenvalue weighted by Gasteiger charge is -2.25. The summed E-state index contributed by atoms with van der Waals surface area (Å²) in [4.78, 5) is 0. The molecule has 0 saturated heterocycles. The van der Waals surface area contributed by atoms with E-state index in [1.807, 2.05) is 0 Å². The predicted octanol–water partition coefficient (Wildman–Crippen LogP) is 8.05. The molecule has 6 aromatic rings. The Kier molecular flexibility index (Phi) is 3.22. The lowest BCUT2D eigenvalue weighted by atomic mass is 9.86. The summed E-state index contributed by atoms with van der Waals surface area (Å²) in [6, 6.07) is 39.2. The maximum absolute atomic E-state index is 6.31. The van der Waals surface area contributed by atoms with E-state index < -0.39 is 0 Å². The Labute approximate surface area is 191 Å². The number of fused-ring (bicyclic) bond motifs is 8. The van der Waals surface area contributed by atoms with Crippen molar-refractivity contribution in [3.05, 3.63) is 126 Å². The molecule has 1 atom stereocenters. The number of rotatable bonds is 1. The van der Waals surface area contributed by atoms with Gasteiger partial charge in [-0.25, -0.2) is 0 Å². The van der Waals surface area contributed by atoms with E-state index in [9.17, 15) is 0 Å². The highest BCUT2D eigenvalue weighted by Crippen LogP contribution is 2.57. The van der Waals surface area contributed by atoms with Crippen molar-refractivity contribution in [2.75, 3.05) is 0 Å². The molecule has 8 rings (SSSR count). The van der Waals surface area contributed by atoms with Gasteiger partial charge in [-0.3, -0.25) is 0 Å². The van der Waals surface area contributed by atoms with Crippen molar-refractivity contribution < 1.29 is 4.74 Å². The number of para-hydroxylation sites is 3. The van der Waals surface area contributed by atoms with Gasteiger partial charge in [-0.1, -0.05) is 72.8 Å². The molecule has 0 radical (unpaired) electrons. The molecule has 2 heteroatoms.